The van der Waals surface area contributed by atoms with E-state index in [0.717, 1.165) is 38.5 Å². The molecule has 0 aliphatic heterocycles. The third kappa shape index (κ3) is 6.36. The van der Waals surface area contributed by atoms with Gasteiger partial charge < -0.3 is 9.47 Å². The molecule has 0 heterocycles. The quantitative estimate of drug-likeness (QED) is 0.465. The highest BCUT2D eigenvalue weighted by atomic mass is 16.5. The van der Waals surface area contributed by atoms with E-state index in [0.29, 0.717) is 30.8 Å². The van der Waals surface area contributed by atoms with Gasteiger partial charge in [0.2, 0.25) is 0 Å². The van der Waals surface area contributed by atoms with Crippen LogP contribution in [0, 0.1) is 11.8 Å². The van der Waals surface area contributed by atoms with E-state index in [1.165, 1.54) is 0 Å². The zero-order valence-corrected chi connectivity index (χ0v) is 15.2. The minimum atomic E-state index is -0.337. The average Bonchev–Trinajstić information content (AvgIpc) is 3.03. The molecule has 4 nitrogen and oxygen atoms in total. The van der Waals surface area contributed by atoms with E-state index in [4.69, 9.17) is 9.47 Å². The van der Waals surface area contributed by atoms with Crippen LogP contribution in [0.4, 0.5) is 0 Å². The fraction of sp³-hybridized carbons (Fsp3) is 0.789. The standard InChI is InChI=1S/C19H32O4/c1-5-11-22-18(20)16(13-14(3)4)17(15-9-7-8-10-15)19(21)23-12-6-2/h14-15H,5-13H2,1-4H3/b17-16-. The average molecular weight is 324 g/mol. The van der Waals surface area contributed by atoms with Crippen LogP contribution in [0.1, 0.15) is 72.6 Å². The van der Waals surface area contributed by atoms with Crippen molar-refractivity contribution in [1.29, 1.82) is 0 Å². The van der Waals surface area contributed by atoms with E-state index in [9.17, 15) is 9.59 Å². The molecule has 0 aromatic rings. The van der Waals surface area contributed by atoms with E-state index < -0.39 is 0 Å². The second kappa shape index (κ2) is 10.5. The fourth-order valence-corrected chi connectivity index (χ4v) is 3.02. The summed E-state index contributed by atoms with van der Waals surface area (Å²) >= 11 is 0. The molecule has 0 spiro atoms. The number of esters is 2. The van der Waals surface area contributed by atoms with Crippen LogP contribution in [0.3, 0.4) is 0 Å². The Hall–Kier alpha value is -1.32. The summed E-state index contributed by atoms with van der Waals surface area (Å²) in [7, 11) is 0. The van der Waals surface area contributed by atoms with Crippen LogP contribution in [0.15, 0.2) is 11.1 Å². The van der Waals surface area contributed by atoms with Gasteiger partial charge in [0.05, 0.1) is 18.8 Å². The third-order valence-electron chi connectivity index (χ3n) is 4.04. The number of hydrogen-bond acceptors (Lipinski definition) is 4. The lowest BCUT2D eigenvalue weighted by Crippen LogP contribution is -2.22. The second-order valence-corrected chi connectivity index (χ2v) is 6.74. The first-order valence-electron chi connectivity index (χ1n) is 9.08. The zero-order valence-electron chi connectivity index (χ0n) is 15.2. The molecule has 4 heteroatoms. The van der Waals surface area contributed by atoms with E-state index in [2.05, 4.69) is 13.8 Å². The Balaban J connectivity index is 3.14. The van der Waals surface area contributed by atoms with Crippen molar-refractivity contribution in [2.75, 3.05) is 13.2 Å². The fourth-order valence-electron chi connectivity index (χ4n) is 3.02. The maximum Gasteiger partial charge on any atom is 0.334 e. The number of carbonyl (C=O) groups excluding carboxylic acids is 2. The van der Waals surface area contributed by atoms with Crippen LogP contribution >= 0.6 is 0 Å². The molecule has 0 bridgehead atoms. The Labute approximate surface area is 140 Å². The highest BCUT2D eigenvalue weighted by Gasteiger charge is 2.32. The molecule has 132 valence electrons. The highest BCUT2D eigenvalue weighted by Crippen LogP contribution is 2.35. The van der Waals surface area contributed by atoms with Crippen molar-refractivity contribution in [2.24, 2.45) is 11.8 Å². The van der Waals surface area contributed by atoms with Crippen molar-refractivity contribution in [2.45, 2.75) is 72.6 Å². The van der Waals surface area contributed by atoms with E-state index in [-0.39, 0.29) is 23.8 Å². The van der Waals surface area contributed by atoms with Crippen molar-refractivity contribution in [3.8, 4) is 0 Å². The molecule has 0 atom stereocenters. The van der Waals surface area contributed by atoms with Gasteiger partial charge in [-0.05, 0) is 43.9 Å². The maximum absolute atomic E-state index is 12.6. The summed E-state index contributed by atoms with van der Waals surface area (Å²) in [6.07, 6.45) is 6.25. The number of rotatable bonds is 9. The van der Waals surface area contributed by atoms with Gasteiger partial charge in [0, 0.05) is 5.57 Å². The Kier molecular flexibility index (Phi) is 8.97. The van der Waals surface area contributed by atoms with Gasteiger partial charge in [-0.25, -0.2) is 9.59 Å². The van der Waals surface area contributed by atoms with Crippen LogP contribution < -0.4 is 0 Å². The summed E-state index contributed by atoms with van der Waals surface area (Å²) in [5.41, 5.74) is 1.13. The van der Waals surface area contributed by atoms with Crippen LogP contribution in [0.2, 0.25) is 0 Å². The summed E-state index contributed by atoms with van der Waals surface area (Å²) in [5, 5.41) is 0. The molecule has 0 aromatic carbocycles. The maximum atomic E-state index is 12.6. The number of carbonyl (C=O) groups is 2. The summed E-state index contributed by atoms with van der Waals surface area (Å²) in [4.78, 5) is 25.1. The van der Waals surface area contributed by atoms with Crippen LogP contribution in [-0.2, 0) is 19.1 Å². The van der Waals surface area contributed by atoms with Crippen molar-refractivity contribution in [3.63, 3.8) is 0 Å². The lowest BCUT2D eigenvalue weighted by molar-refractivity contribution is -0.143. The first-order valence-corrected chi connectivity index (χ1v) is 9.08. The van der Waals surface area contributed by atoms with E-state index in [1.807, 2.05) is 13.8 Å². The van der Waals surface area contributed by atoms with Gasteiger partial charge in [-0.1, -0.05) is 40.5 Å². The van der Waals surface area contributed by atoms with Gasteiger partial charge in [-0.15, -0.1) is 0 Å². The predicted molar refractivity (Wildman–Crippen MR) is 90.9 cm³/mol. The molecular weight excluding hydrogens is 292 g/mol. The highest BCUT2D eigenvalue weighted by molar-refractivity contribution is 6.00. The molecule has 0 amide bonds. The molecule has 23 heavy (non-hydrogen) atoms. The second-order valence-electron chi connectivity index (χ2n) is 6.74. The predicted octanol–water partition coefficient (Wildman–Crippen LogP) is 4.43. The molecule has 1 saturated carbocycles. The summed E-state index contributed by atoms with van der Waals surface area (Å²) in [6.45, 7) is 8.83. The van der Waals surface area contributed by atoms with Crippen molar-refractivity contribution in [3.05, 3.63) is 11.1 Å². The van der Waals surface area contributed by atoms with Crippen LogP contribution in [0.25, 0.3) is 0 Å². The molecule has 0 saturated heterocycles. The lowest BCUT2D eigenvalue weighted by atomic mass is 9.88. The van der Waals surface area contributed by atoms with E-state index in [1.54, 1.807) is 0 Å². The third-order valence-corrected chi connectivity index (χ3v) is 4.04. The number of hydrogen-bond donors (Lipinski definition) is 0. The minimum absolute atomic E-state index is 0.141. The van der Waals surface area contributed by atoms with Gasteiger partial charge in [0.25, 0.3) is 0 Å². The summed E-state index contributed by atoms with van der Waals surface area (Å²) < 4.78 is 10.7. The van der Waals surface area contributed by atoms with E-state index >= 15 is 0 Å². The van der Waals surface area contributed by atoms with Gasteiger partial charge in [0.15, 0.2) is 0 Å². The van der Waals surface area contributed by atoms with Crippen LogP contribution in [-0.4, -0.2) is 25.2 Å². The molecule has 1 rings (SSSR count). The SMILES string of the molecule is CCCOC(=O)/C(CC(C)C)=C(\C(=O)OCCC)C1CCCC1. The van der Waals surface area contributed by atoms with Crippen molar-refractivity contribution >= 4 is 11.9 Å². The first kappa shape index (κ1) is 19.7. The largest absolute Gasteiger partial charge is 0.462 e. The topological polar surface area (TPSA) is 52.6 Å². The first-order chi connectivity index (χ1) is 11.0. The lowest BCUT2D eigenvalue weighted by Gasteiger charge is -2.20. The molecule has 1 aliphatic carbocycles. The van der Waals surface area contributed by atoms with Gasteiger partial charge in [0.1, 0.15) is 0 Å². The van der Waals surface area contributed by atoms with Crippen LogP contribution in [0.5, 0.6) is 0 Å². The normalized spacial score (nSPS) is 16.4. The monoisotopic (exact) mass is 324 g/mol. The zero-order chi connectivity index (χ0) is 17.2. The Morgan fingerprint density at radius 2 is 1.48 bits per heavy atom. The Bertz CT molecular complexity index is 417. The summed E-state index contributed by atoms with van der Waals surface area (Å²) in [6, 6.07) is 0. The van der Waals surface area contributed by atoms with Crippen molar-refractivity contribution in [1.82, 2.24) is 0 Å². The van der Waals surface area contributed by atoms with Gasteiger partial charge >= 0.3 is 11.9 Å². The molecule has 1 fully saturated rings. The minimum Gasteiger partial charge on any atom is -0.462 e. The summed E-state index contributed by atoms with van der Waals surface area (Å²) in [5.74, 6) is -0.226. The van der Waals surface area contributed by atoms with Gasteiger partial charge in [-0.2, -0.15) is 0 Å². The molecule has 1 aliphatic rings. The molecular formula is C19H32O4. The Morgan fingerprint density at radius 3 is 1.96 bits per heavy atom. The molecule has 0 aromatic heterocycles. The molecule has 0 unspecified atom stereocenters. The van der Waals surface area contributed by atoms with Crippen molar-refractivity contribution < 1.29 is 19.1 Å². The van der Waals surface area contributed by atoms with Gasteiger partial charge in [-0.3, -0.25) is 0 Å². The smallest absolute Gasteiger partial charge is 0.334 e. The molecule has 0 radical (unpaired) electrons. The molecule has 0 N–H and O–H groups in total. The Morgan fingerprint density at radius 1 is 0.957 bits per heavy atom. The number of ether oxygens (including phenoxy) is 2.